The van der Waals surface area contributed by atoms with E-state index in [9.17, 15) is 18.0 Å². The molecule has 0 aliphatic carbocycles. The molecule has 1 fully saturated rings. The summed E-state index contributed by atoms with van der Waals surface area (Å²) in [4.78, 5) is 33.8. The number of hydrogen-bond acceptors (Lipinski definition) is 6. The van der Waals surface area contributed by atoms with E-state index in [-0.39, 0.29) is 36.7 Å². The molecular weight excluding hydrogens is 526 g/mol. The molecule has 4 rings (SSSR count). The SMILES string of the molecule is C[C@@H](C(=O)N(CCC#N)CCc1ccccn1)N1CC[C@H](NS(=O)(=O)c2ccc3cc(Cl)ccc3c2)C1=O. The van der Waals surface area contributed by atoms with Crippen molar-refractivity contribution in [2.24, 2.45) is 0 Å². The molecule has 3 aromatic rings. The van der Waals surface area contributed by atoms with Gasteiger partial charge in [0.15, 0.2) is 0 Å². The zero-order valence-corrected chi connectivity index (χ0v) is 22.5. The molecule has 2 amide bonds. The van der Waals surface area contributed by atoms with Crippen molar-refractivity contribution in [2.75, 3.05) is 19.6 Å². The number of rotatable bonds is 10. The van der Waals surface area contributed by atoms with Gasteiger partial charge in [-0.15, -0.1) is 0 Å². The monoisotopic (exact) mass is 553 g/mol. The van der Waals surface area contributed by atoms with Crippen LogP contribution in [0.15, 0.2) is 65.7 Å². The number of halogens is 1. The maximum Gasteiger partial charge on any atom is 0.245 e. The molecule has 9 nitrogen and oxygen atoms in total. The molecule has 0 radical (unpaired) electrons. The lowest BCUT2D eigenvalue weighted by atomic mass is 10.1. The summed E-state index contributed by atoms with van der Waals surface area (Å²) in [6, 6.07) is 15.7. The fraction of sp³-hybridized carbons (Fsp3) is 0.333. The Morgan fingerprint density at radius 1 is 1.21 bits per heavy atom. The Kier molecular flexibility index (Phi) is 8.62. The summed E-state index contributed by atoms with van der Waals surface area (Å²) in [7, 11) is -3.98. The van der Waals surface area contributed by atoms with Crippen LogP contribution in [0.25, 0.3) is 10.8 Å². The van der Waals surface area contributed by atoms with Crippen LogP contribution in [-0.2, 0) is 26.0 Å². The number of sulfonamides is 1. The van der Waals surface area contributed by atoms with Crippen molar-refractivity contribution in [2.45, 2.75) is 43.2 Å². The van der Waals surface area contributed by atoms with E-state index in [4.69, 9.17) is 16.9 Å². The first-order chi connectivity index (χ1) is 18.2. The van der Waals surface area contributed by atoms with Gasteiger partial charge in [0.1, 0.15) is 12.1 Å². The van der Waals surface area contributed by atoms with Crippen LogP contribution in [0.5, 0.6) is 0 Å². The van der Waals surface area contributed by atoms with E-state index in [1.54, 1.807) is 42.3 Å². The lowest BCUT2D eigenvalue weighted by Crippen LogP contribution is -2.50. The first-order valence-electron chi connectivity index (χ1n) is 12.3. The highest BCUT2D eigenvalue weighted by atomic mass is 35.5. The average molecular weight is 554 g/mol. The Bertz CT molecular complexity index is 1480. The molecule has 11 heteroatoms. The summed E-state index contributed by atoms with van der Waals surface area (Å²) in [5.41, 5.74) is 0.818. The van der Waals surface area contributed by atoms with E-state index >= 15 is 0 Å². The van der Waals surface area contributed by atoms with Crippen molar-refractivity contribution in [3.8, 4) is 6.07 Å². The summed E-state index contributed by atoms with van der Waals surface area (Å²) in [5, 5.41) is 11.1. The van der Waals surface area contributed by atoms with Crippen molar-refractivity contribution in [1.29, 1.82) is 5.26 Å². The van der Waals surface area contributed by atoms with Crippen molar-refractivity contribution < 1.29 is 18.0 Å². The fourth-order valence-electron chi connectivity index (χ4n) is 4.52. The number of pyridine rings is 1. The molecule has 1 aliphatic rings. The lowest BCUT2D eigenvalue weighted by Gasteiger charge is -2.30. The van der Waals surface area contributed by atoms with E-state index in [2.05, 4.69) is 15.8 Å². The maximum atomic E-state index is 13.3. The summed E-state index contributed by atoms with van der Waals surface area (Å²) in [6.45, 7) is 2.46. The van der Waals surface area contributed by atoms with Crippen LogP contribution in [0.4, 0.5) is 0 Å². The number of nitrogens with one attached hydrogen (secondary N) is 1. The highest BCUT2D eigenvalue weighted by Gasteiger charge is 2.40. The minimum absolute atomic E-state index is 0.0416. The van der Waals surface area contributed by atoms with E-state index < -0.39 is 28.0 Å². The molecule has 38 heavy (non-hydrogen) atoms. The van der Waals surface area contributed by atoms with Gasteiger partial charge < -0.3 is 9.80 Å². The fourth-order valence-corrected chi connectivity index (χ4v) is 5.96. The molecule has 1 N–H and O–H groups in total. The molecule has 0 bridgehead atoms. The first kappa shape index (κ1) is 27.5. The third-order valence-electron chi connectivity index (χ3n) is 6.62. The predicted octanol–water partition coefficient (Wildman–Crippen LogP) is 3.14. The number of aromatic nitrogens is 1. The second-order valence-electron chi connectivity index (χ2n) is 9.13. The third kappa shape index (κ3) is 6.30. The van der Waals surface area contributed by atoms with Gasteiger partial charge in [-0.05, 0) is 60.5 Å². The molecule has 0 saturated carbocycles. The van der Waals surface area contributed by atoms with Gasteiger partial charge in [-0.1, -0.05) is 29.8 Å². The van der Waals surface area contributed by atoms with Crippen LogP contribution >= 0.6 is 11.6 Å². The van der Waals surface area contributed by atoms with Crippen LogP contribution in [0, 0.1) is 11.3 Å². The number of nitriles is 1. The van der Waals surface area contributed by atoms with Crippen LogP contribution in [0.1, 0.15) is 25.5 Å². The van der Waals surface area contributed by atoms with Crippen molar-refractivity contribution in [3.05, 3.63) is 71.5 Å². The molecule has 0 spiro atoms. The van der Waals surface area contributed by atoms with Crippen LogP contribution in [0.2, 0.25) is 5.02 Å². The van der Waals surface area contributed by atoms with E-state index in [0.29, 0.717) is 23.4 Å². The highest BCUT2D eigenvalue weighted by molar-refractivity contribution is 7.89. The van der Waals surface area contributed by atoms with Gasteiger partial charge in [0.2, 0.25) is 21.8 Å². The van der Waals surface area contributed by atoms with E-state index in [1.807, 2.05) is 18.2 Å². The zero-order valence-electron chi connectivity index (χ0n) is 20.9. The number of carbonyl (C=O) groups excluding carboxylic acids is 2. The predicted molar refractivity (Wildman–Crippen MR) is 144 cm³/mol. The molecule has 1 saturated heterocycles. The quantitative estimate of drug-likeness (QED) is 0.411. The van der Waals surface area contributed by atoms with Gasteiger partial charge in [0.05, 0.1) is 17.4 Å². The molecule has 0 unspecified atom stereocenters. The topological polar surface area (TPSA) is 123 Å². The molecule has 2 heterocycles. The van der Waals surface area contributed by atoms with Gasteiger partial charge in [0, 0.05) is 43.0 Å². The zero-order chi connectivity index (χ0) is 27.3. The third-order valence-corrected chi connectivity index (χ3v) is 8.32. The molecule has 1 aliphatic heterocycles. The smallest absolute Gasteiger partial charge is 0.245 e. The number of carbonyl (C=O) groups is 2. The van der Waals surface area contributed by atoms with Crippen molar-refractivity contribution >= 4 is 44.2 Å². The number of likely N-dealkylation sites (tertiary alicyclic amines) is 1. The van der Waals surface area contributed by atoms with E-state index in [1.165, 1.54) is 17.0 Å². The summed E-state index contributed by atoms with van der Waals surface area (Å²) in [5.74, 6) is -0.742. The summed E-state index contributed by atoms with van der Waals surface area (Å²) in [6.07, 6.45) is 2.59. The number of nitrogens with zero attached hydrogens (tertiary/aromatic N) is 4. The minimum Gasteiger partial charge on any atom is -0.339 e. The number of benzene rings is 2. The Morgan fingerprint density at radius 3 is 2.71 bits per heavy atom. The van der Waals surface area contributed by atoms with Gasteiger partial charge in [0.25, 0.3) is 0 Å². The molecule has 1 aromatic heterocycles. The lowest BCUT2D eigenvalue weighted by molar-refractivity contribution is -0.143. The standard InChI is InChI=1S/C27H28ClN5O4S/c1-19(26(34)32(14-4-12-29)15-10-23-5-2-3-13-30-23)33-16-11-25(27(33)35)31-38(36,37)24-9-7-20-17-22(28)8-6-21(20)18-24/h2-3,5-9,13,17-19,25,31H,4,10-11,14-16H2,1H3/t19-,25-/m0/s1. The van der Waals surface area contributed by atoms with Gasteiger partial charge in [-0.25, -0.2) is 8.42 Å². The number of amides is 2. The summed E-state index contributed by atoms with van der Waals surface area (Å²) >= 11 is 6.01. The van der Waals surface area contributed by atoms with E-state index in [0.717, 1.165) is 11.1 Å². The van der Waals surface area contributed by atoms with Crippen molar-refractivity contribution in [3.63, 3.8) is 0 Å². The Labute approximate surface area is 227 Å². The maximum absolute atomic E-state index is 13.3. The minimum atomic E-state index is -3.98. The second-order valence-corrected chi connectivity index (χ2v) is 11.3. The largest absolute Gasteiger partial charge is 0.339 e. The van der Waals surface area contributed by atoms with Crippen LogP contribution in [-0.4, -0.2) is 66.7 Å². The molecule has 2 aromatic carbocycles. The first-order valence-corrected chi connectivity index (χ1v) is 14.1. The number of hydrogen-bond donors (Lipinski definition) is 1. The summed E-state index contributed by atoms with van der Waals surface area (Å²) < 4.78 is 28.7. The molecule has 198 valence electrons. The average Bonchev–Trinajstić information content (AvgIpc) is 3.27. The van der Waals surface area contributed by atoms with Crippen molar-refractivity contribution in [1.82, 2.24) is 19.5 Å². The van der Waals surface area contributed by atoms with Gasteiger partial charge in [-0.2, -0.15) is 9.98 Å². The molecule has 2 atom stereocenters. The Hall–Kier alpha value is -3.52. The molecular formula is C27H28ClN5O4S. The number of fused-ring (bicyclic) bond motifs is 1. The van der Waals surface area contributed by atoms with Gasteiger partial charge in [-0.3, -0.25) is 14.6 Å². The second kappa shape index (κ2) is 11.9. The van der Waals surface area contributed by atoms with Gasteiger partial charge >= 0.3 is 0 Å². The Balaban J connectivity index is 1.43. The Morgan fingerprint density at radius 2 is 1.97 bits per heavy atom. The van der Waals surface area contributed by atoms with Crippen LogP contribution in [0.3, 0.4) is 0 Å². The highest BCUT2D eigenvalue weighted by Crippen LogP contribution is 2.24. The normalized spacial score (nSPS) is 16.4. The van der Waals surface area contributed by atoms with Crippen LogP contribution < -0.4 is 4.72 Å².